The van der Waals surface area contributed by atoms with E-state index < -0.39 is 68.0 Å². The van der Waals surface area contributed by atoms with Gasteiger partial charge in [0.15, 0.2) is 12.4 Å². The average molecular weight is 376 g/mol. The van der Waals surface area contributed by atoms with Gasteiger partial charge in [-0.05, 0) is 0 Å². The molecule has 0 rings (SSSR count). The lowest BCUT2D eigenvalue weighted by atomic mass is 10.0. The molecule has 0 aromatic carbocycles. The van der Waals surface area contributed by atoms with Gasteiger partial charge < -0.3 is 61.0 Å². The molecule has 0 aromatic heterocycles. The summed E-state index contributed by atoms with van der Waals surface area (Å²) < 4.78 is 0. The highest BCUT2D eigenvalue weighted by Gasteiger charge is 2.33. The topological polar surface area (TPSA) is 257 Å². The Bertz CT molecular complexity index is 378. The standard InChI is InChI=1S/C6H12O7.C6H12O6/c7-1-2(8)3(9)4(10)5(11)6(12)13;7-1-3(9)5(11)6(12)4(10)2-8/h2-5,7-11H,1H2,(H,12,13);1,3-6,8-12H,2H2/t2-,3+,4+,5-;3-,4+,5+,6-/m10/s1. The quantitative estimate of drug-likeness (QED) is 0.159. The minimum absolute atomic E-state index is 0.0258. The highest BCUT2D eigenvalue weighted by molar-refractivity contribution is 5.72. The summed E-state index contributed by atoms with van der Waals surface area (Å²) in [6, 6.07) is 0. The van der Waals surface area contributed by atoms with E-state index in [0.717, 1.165) is 0 Å². The van der Waals surface area contributed by atoms with Crippen molar-refractivity contribution in [2.45, 2.75) is 48.8 Å². The Morgan fingerprint density at radius 1 is 0.720 bits per heavy atom. The van der Waals surface area contributed by atoms with Crippen LogP contribution in [0.15, 0.2) is 0 Å². The number of aliphatic hydroxyl groups is 10. The molecule has 0 radical (unpaired) electrons. The third-order valence-electron chi connectivity index (χ3n) is 2.93. The molecule has 0 amide bonds. The zero-order chi connectivity index (χ0) is 20.3. The number of carboxylic acid groups (broad SMARTS) is 1. The van der Waals surface area contributed by atoms with E-state index in [0.29, 0.717) is 0 Å². The second-order valence-electron chi connectivity index (χ2n) is 4.87. The largest absolute Gasteiger partial charge is 0.479 e. The fourth-order valence-corrected chi connectivity index (χ4v) is 1.29. The van der Waals surface area contributed by atoms with Crippen molar-refractivity contribution in [3.63, 3.8) is 0 Å². The number of hydrogen-bond acceptors (Lipinski definition) is 12. The van der Waals surface area contributed by atoms with Crippen LogP contribution in [-0.4, -0.2) is 130 Å². The van der Waals surface area contributed by atoms with Crippen molar-refractivity contribution in [3.05, 3.63) is 0 Å². The van der Waals surface area contributed by atoms with Gasteiger partial charge in [-0.15, -0.1) is 0 Å². The van der Waals surface area contributed by atoms with Crippen LogP contribution in [0.4, 0.5) is 0 Å². The molecule has 13 heteroatoms. The maximum absolute atomic E-state index is 10.1. The van der Waals surface area contributed by atoms with Crippen LogP contribution in [-0.2, 0) is 9.59 Å². The van der Waals surface area contributed by atoms with E-state index in [1.807, 2.05) is 0 Å². The monoisotopic (exact) mass is 376 g/mol. The van der Waals surface area contributed by atoms with Crippen LogP contribution >= 0.6 is 0 Å². The van der Waals surface area contributed by atoms with Crippen molar-refractivity contribution in [1.29, 1.82) is 0 Å². The second kappa shape index (κ2) is 13.0. The summed E-state index contributed by atoms with van der Waals surface area (Å²) in [4.78, 5) is 20.0. The maximum Gasteiger partial charge on any atom is 0.335 e. The normalized spacial score (nSPS) is 20.7. The molecule has 0 spiro atoms. The Morgan fingerprint density at radius 2 is 1.08 bits per heavy atom. The summed E-state index contributed by atoms with van der Waals surface area (Å²) in [5.41, 5.74) is 0. The van der Waals surface area contributed by atoms with Crippen molar-refractivity contribution in [2.24, 2.45) is 0 Å². The molecular weight excluding hydrogens is 352 g/mol. The van der Waals surface area contributed by atoms with Crippen LogP contribution in [0.25, 0.3) is 0 Å². The Morgan fingerprint density at radius 3 is 1.36 bits per heavy atom. The first-order valence-electron chi connectivity index (χ1n) is 6.80. The Labute approximate surface area is 141 Å². The van der Waals surface area contributed by atoms with Gasteiger partial charge >= 0.3 is 5.97 Å². The van der Waals surface area contributed by atoms with E-state index in [1.165, 1.54) is 0 Å². The van der Waals surface area contributed by atoms with Crippen molar-refractivity contribution < 1.29 is 65.8 Å². The molecular formula is C12H24O13. The minimum atomic E-state index is -2.20. The Balaban J connectivity index is 0. The summed E-state index contributed by atoms with van der Waals surface area (Å²) in [5, 5.41) is 95.4. The van der Waals surface area contributed by atoms with Crippen molar-refractivity contribution in [3.8, 4) is 0 Å². The molecule has 0 heterocycles. The first-order chi connectivity index (χ1) is 11.5. The van der Waals surface area contributed by atoms with Gasteiger partial charge in [0.05, 0.1) is 13.2 Å². The Kier molecular flexibility index (Phi) is 13.5. The number of aldehydes is 1. The van der Waals surface area contributed by atoms with Crippen LogP contribution in [0, 0.1) is 0 Å². The highest BCUT2D eigenvalue weighted by atomic mass is 16.4. The van der Waals surface area contributed by atoms with Gasteiger partial charge in [-0.3, -0.25) is 0 Å². The van der Waals surface area contributed by atoms with Gasteiger partial charge in [0, 0.05) is 0 Å². The molecule has 0 saturated carbocycles. The number of carbonyl (C=O) groups excluding carboxylic acids is 1. The van der Waals surface area contributed by atoms with E-state index in [1.54, 1.807) is 0 Å². The lowest BCUT2D eigenvalue weighted by molar-refractivity contribution is -0.164. The first-order valence-corrected chi connectivity index (χ1v) is 6.80. The van der Waals surface area contributed by atoms with Gasteiger partial charge in [-0.1, -0.05) is 0 Å². The molecule has 0 fully saturated rings. The Hall–Kier alpha value is -1.26. The lowest BCUT2D eigenvalue weighted by Gasteiger charge is -2.23. The number of aliphatic hydroxyl groups excluding tert-OH is 10. The van der Waals surface area contributed by atoms with Gasteiger partial charge in [0.25, 0.3) is 0 Å². The predicted molar refractivity (Wildman–Crippen MR) is 75.9 cm³/mol. The summed E-state index contributed by atoms with van der Waals surface area (Å²) in [6.07, 6.45) is -14.7. The van der Waals surface area contributed by atoms with Crippen LogP contribution < -0.4 is 0 Å². The number of hydrogen-bond donors (Lipinski definition) is 11. The van der Waals surface area contributed by atoms with E-state index in [-0.39, 0.29) is 6.29 Å². The maximum atomic E-state index is 10.1. The molecule has 0 aliphatic heterocycles. The second-order valence-corrected chi connectivity index (χ2v) is 4.87. The van der Waals surface area contributed by atoms with Crippen molar-refractivity contribution >= 4 is 12.3 Å². The van der Waals surface area contributed by atoms with E-state index in [9.17, 15) is 9.59 Å². The third-order valence-corrected chi connectivity index (χ3v) is 2.93. The summed E-state index contributed by atoms with van der Waals surface area (Å²) in [7, 11) is 0. The van der Waals surface area contributed by atoms with Gasteiger partial charge in [-0.25, -0.2) is 4.79 Å². The van der Waals surface area contributed by atoms with Gasteiger partial charge in [0.2, 0.25) is 0 Å². The van der Waals surface area contributed by atoms with Crippen molar-refractivity contribution in [1.82, 2.24) is 0 Å². The number of rotatable bonds is 10. The third kappa shape index (κ3) is 9.13. The summed E-state index contributed by atoms with van der Waals surface area (Å²) >= 11 is 0. The zero-order valence-electron chi connectivity index (χ0n) is 12.8. The molecule has 0 aliphatic rings. The number of aliphatic carboxylic acids is 1. The van der Waals surface area contributed by atoms with E-state index >= 15 is 0 Å². The van der Waals surface area contributed by atoms with Crippen molar-refractivity contribution in [2.75, 3.05) is 13.2 Å². The lowest BCUT2D eigenvalue weighted by Crippen LogP contribution is -2.48. The molecule has 0 aromatic rings. The van der Waals surface area contributed by atoms with Gasteiger partial charge in [-0.2, -0.15) is 0 Å². The SMILES string of the molecule is O=C(O)[C@H](O)[C@@H](O)[C@@H](O)[C@H](O)CO.O=C[C@H](O)[C@@H](O)[C@@H](O)[C@H](O)CO. The zero-order valence-corrected chi connectivity index (χ0v) is 12.8. The fourth-order valence-electron chi connectivity index (χ4n) is 1.29. The highest BCUT2D eigenvalue weighted by Crippen LogP contribution is 2.05. The molecule has 0 saturated heterocycles. The minimum Gasteiger partial charge on any atom is -0.479 e. The van der Waals surface area contributed by atoms with Crippen LogP contribution in [0.2, 0.25) is 0 Å². The molecule has 0 unspecified atom stereocenters. The van der Waals surface area contributed by atoms with E-state index in [4.69, 9.17) is 56.2 Å². The molecule has 0 aliphatic carbocycles. The molecule has 8 atom stereocenters. The number of carbonyl (C=O) groups is 2. The molecule has 25 heavy (non-hydrogen) atoms. The van der Waals surface area contributed by atoms with Crippen LogP contribution in [0.5, 0.6) is 0 Å². The molecule has 150 valence electrons. The average Bonchev–Trinajstić information content (AvgIpc) is 2.62. The fraction of sp³-hybridized carbons (Fsp3) is 0.833. The summed E-state index contributed by atoms with van der Waals surface area (Å²) in [5.74, 6) is -1.73. The molecule has 11 N–H and O–H groups in total. The summed E-state index contributed by atoms with van der Waals surface area (Å²) in [6.45, 7) is -1.60. The molecule has 13 nitrogen and oxygen atoms in total. The van der Waals surface area contributed by atoms with Crippen LogP contribution in [0.3, 0.4) is 0 Å². The van der Waals surface area contributed by atoms with Crippen LogP contribution in [0.1, 0.15) is 0 Å². The molecule has 0 bridgehead atoms. The number of carboxylic acids is 1. The first kappa shape index (κ1) is 26.0. The predicted octanol–water partition coefficient (Wildman–Crippen LogP) is -6.87. The smallest absolute Gasteiger partial charge is 0.335 e. The van der Waals surface area contributed by atoms with E-state index in [2.05, 4.69) is 0 Å². The van der Waals surface area contributed by atoms with Gasteiger partial charge in [0.1, 0.15) is 42.7 Å².